The van der Waals surface area contributed by atoms with Crippen molar-refractivity contribution >= 4 is 16.6 Å². The van der Waals surface area contributed by atoms with Crippen molar-refractivity contribution in [2.24, 2.45) is 0 Å². The summed E-state index contributed by atoms with van der Waals surface area (Å²) in [5.41, 5.74) is 9.58. The highest BCUT2D eigenvalue weighted by atomic mass is 32.3. The molecule has 4 aromatic rings. The first-order chi connectivity index (χ1) is 16.5. The SMILES string of the molecule is CNCc1ccc(-c2nnc(-c3nc(-c4ccc(S(O)(O)N5CCC5)cc4)cnc3N)o2)cc1. The second kappa shape index (κ2) is 9.12. The van der Waals surface area contributed by atoms with Crippen LogP contribution in [0, 0.1) is 0 Å². The molecule has 0 spiro atoms. The molecule has 10 nitrogen and oxygen atoms in total. The van der Waals surface area contributed by atoms with Crippen LogP contribution in [0.25, 0.3) is 34.3 Å². The third kappa shape index (κ3) is 4.27. The fraction of sp³-hybridized carbons (Fsp3) is 0.217. The lowest BCUT2D eigenvalue weighted by molar-refractivity contribution is 0.270. The van der Waals surface area contributed by atoms with E-state index in [4.69, 9.17) is 10.2 Å². The number of nitrogens with two attached hydrogens (primary N) is 1. The van der Waals surface area contributed by atoms with Gasteiger partial charge in [-0.3, -0.25) is 9.11 Å². The van der Waals surface area contributed by atoms with Crippen LogP contribution in [0.3, 0.4) is 0 Å². The first-order valence-corrected chi connectivity index (χ1v) is 12.3. The Balaban J connectivity index is 1.40. The molecule has 0 aliphatic carbocycles. The highest BCUT2D eigenvalue weighted by Gasteiger charge is 2.29. The molecule has 0 radical (unpaired) electrons. The molecule has 3 heterocycles. The van der Waals surface area contributed by atoms with Gasteiger partial charge in [-0.15, -0.1) is 21.0 Å². The van der Waals surface area contributed by atoms with Gasteiger partial charge in [0.25, 0.3) is 5.89 Å². The van der Waals surface area contributed by atoms with Crippen LogP contribution in [0.4, 0.5) is 5.82 Å². The zero-order valence-corrected chi connectivity index (χ0v) is 19.4. The van der Waals surface area contributed by atoms with Crippen molar-refractivity contribution in [1.82, 2.24) is 29.8 Å². The molecule has 1 saturated heterocycles. The van der Waals surface area contributed by atoms with Gasteiger partial charge in [-0.2, -0.15) is 0 Å². The van der Waals surface area contributed by atoms with E-state index in [2.05, 4.69) is 25.5 Å². The lowest BCUT2D eigenvalue weighted by Gasteiger charge is -2.47. The highest BCUT2D eigenvalue weighted by Crippen LogP contribution is 2.53. The minimum atomic E-state index is -2.95. The molecule has 176 valence electrons. The molecular weight excluding hydrogens is 454 g/mol. The average molecular weight is 480 g/mol. The van der Waals surface area contributed by atoms with Crippen LogP contribution >= 0.6 is 10.8 Å². The van der Waals surface area contributed by atoms with Crippen molar-refractivity contribution in [3.05, 3.63) is 60.3 Å². The van der Waals surface area contributed by atoms with Crippen molar-refractivity contribution in [3.63, 3.8) is 0 Å². The van der Waals surface area contributed by atoms with E-state index in [-0.39, 0.29) is 17.4 Å². The van der Waals surface area contributed by atoms with E-state index >= 15 is 0 Å². The van der Waals surface area contributed by atoms with Crippen molar-refractivity contribution in [3.8, 4) is 34.3 Å². The molecular formula is C23H25N7O3S. The normalized spacial score (nSPS) is 14.7. The Morgan fingerprint density at radius 2 is 1.68 bits per heavy atom. The lowest BCUT2D eigenvalue weighted by Crippen LogP contribution is -2.39. The number of benzene rings is 2. The molecule has 0 amide bonds. The minimum absolute atomic E-state index is 0.171. The van der Waals surface area contributed by atoms with E-state index in [0.29, 0.717) is 29.6 Å². The monoisotopic (exact) mass is 479 g/mol. The van der Waals surface area contributed by atoms with Gasteiger partial charge < -0.3 is 15.5 Å². The Morgan fingerprint density at radius 3 is 2.32 bits per heavy atom. The van der Waals surface area contributed by atoms with Crippen LogP contribution in [0.15, 0.2) is 64.0 Å². The maximum absolute atomic E-state index is 10.5. The summed E-state index contributed by atoms with van der Waals surface area (Å²) in [6.45, 7) is 2.14. The number of rotatable bonds is 7. The second-order valence-electron chi connectivity index (χ2n) is 7.95. The van der Waals surface area contributed by atoms with Gasteiger partial charge in [-0.05, 0) is 43.3 Å². The predicted molar refractivity (Wildman–Crippen MR) is 131 cm³/mol. The van der Waals surface area contributed by atoms with Gasteiger partial charge >= 0.3 is 0 Å². The number of nitrogen functional groups attached to an aromatic ring is 1. The molecule has 2 aromatic heterocycles. The number of hydrogen-bond acceptors (Lipinski definition) is 10. The smallest absolute Gasteiger partial charge is 0.270 e. The summed E-state index contributed by atoms with van der Waals surface area (Å²) in [5.74, 6) is 0.704. The van der Waals surface area contributed by atoms with Crippen molar-refractivity contribution in [2.45, 2.75) is 17.9 Å². The number of hydrogen-bond donors (Lipinski definition) is 4. The van der Waals surface area contributed by atoms with E-state index in [1.165, 1.54) is 0 Å². The summed E-state index contributed by atoms with van der Waals surface area (Å²) >= 11 is 0. The molecule has 1 fully saturated rings. The van der Waals surface area contributed by atoms with Gasteiger partial charge in [0.05, 0.1) is 16.8 Å². The summed E-state index contributed by atoms with van der Waals surface area (Å²) in [6, 6.07) is 14.8. The first-order valence-electron chi connectivity index (χ1n) is 10.8. The summed E-state index contributed by atoms with van der Waals surface area (Å²) in [5, 5.41) is 11.4. The van der Waals surface area contributed by atoms with Crippen molar-refractivity contribution < 1.29 is 13.5 Å². The summed E-state index contributed by atoms with van der Waals surface area (Å²) in [6.07, 6.45) is 2.52. The topological polar surface area (TPSA) is 146 Å². The standard InChI is InChI=1S/C23H25N7O3S/c1-25-13-15-3-5-17(6-4-15)22-28-29-23(33-22)20-21(24)26-14-19(27-20)16-7-9-18(10-8-16)34(31,32)30-11-2-12-30/h3-10,14,25,31-32H,2,11-13H2,1H3,(H2,24,26). The van der Waals surface area contributed by atoms with Crippen LogP contribution in [0.1, 0.15) is 12.0 Å². The van der Waals surface area contributed by atoms with Gasteiger partial charge in [0, 0.05) is 30.8 Å². The fourth-order valence-electron chi connectivity index (χ4n) is 3.60. The highest BCUT2D eigenvalue weighted by molar-refractivity contribution is 8.22. The van der Waals surface area contributed by atoms with E-state index in [0.717, 1.165) is 29.7 Å². The molecule has 5 rings (SSSR count). The zero-order valence-electron chi connectivity index (χ0n) is 18.5. The fourth-order valence-corrected chi connectivity index (χ4v) is 5.17. The molecule has 5 N–H and O–H groups in total. The summed E-state index contributed by atoms with van der Waals surface area (Å²) in [7, 11) is -1.05. The first kappa shape index (κ1) is 22.4. The molecule has 0 saturated carbocycles. The number of aromatic nitrogens is 4. The summed E-state index contributed by atoms with van der Waals surface area (Å²) < 4.78 is 28.6. The zero-order chi connectivity index (χ0) is 23.7. The Morgan fingerprint density at radius 1 is 1.00 bits per heavy atom. The third-order valence-electron chi connectivity index (χ3n) is 5.65. The van der Waals surface area contributed by atoms with Gasteiger partial charge in [-0.25, -0.2) is 14.3 Å². The Hall–Kier alpha value is -3.35. The molecule has 1 aliphatic heterocycles. The van der Waals surface area contributed by atoms with Crippen molar-refractivity contribution in [2.75, 3.05) is 25.9 Å². The summed E-state index contributed by atoms with van der Waals surface area (Å²) in [4.78, 5) is 9.31. The van der Waals surface area contributed by atoms with E-state index in [1.807, 2.05) is 31.3 Å². The molecule has 0 bridgehead atoms. The van der Waals surface area contributed by atoms with Crippen LogP contribution in [-0.4, -0.2) is 53.7 Å². The maximum Gasteiger partial charge on any atom is 0.270 e. The predicted octanol–water partition coefficient (Wildman–Crippen LogP) is 3.89. The third-order valence-corrected chi connectivity index (χ3v) is 7.64. The van der Waals surface area contributed by atoms with Gasteiger partial charge in [-0.1, -0.05) is 24.3 Å². The van der Waals surface area contributed by atoms with Gasteiger partial charge in [0.2, 0.25) is 5.89 Å². The Labute approximate surface area is 198 Å². The van der Waals surface area contributed by atoms with Gasteiger partial charge in [0.1, 0.15) is 0 Å². The molecule has 34 heavy (non-hydrogen) atoms. The number of nitrogens with zero attached hydrogens (tertiary/aromatic N) is 5. The van der Waals surface area contributed by atoms with Crippen LogP contribution in [-0.2, 0) is 6.54 Å². The molecule has 1 aliphatic rings. The average Bonchev–Trinajstić information content (AvgIpc) is 3.29. The van der Waals surface area contributed by atoms with E-state index in [1.54, 1.807) is 34.8 Å². The van der Waals surface area contributed by atoms with Crippen molar-refractivity contribution in [1.29, 1.82) is 0 Å². The second-order valence-corrected chi connectivity index (χ2v) is 9.98. The quantitative estimate of drug-likeness (QED) is 0.308. The maximum atomic E-state index is 10.5. The number of anilines is 1. The molecule has 2 aromatic carbocycles. The van der Waals surface area contributed by atoms with E-state index in [9.17, 15) is 9.11 Å². The molecule has 11 heteroatoms. The largest absolute Gasteiger partial charge is 0.414 e. The minimum Gasteiger partial charge on any atom is -0.414 e. The molecule has 0 unspecified atom stereocenters. The van der Waals surface area contributed by atoms with Gasteiger partial charge in [0.15, 0.2) is 11.5 Å². The Kier molecular flexibility index (Phi) is 6.02. The van der Waals surface area contributed by atoms with E-state index < -0.39 is 10.8 Å². The lowest BCUT2D eigenvalue weighted by atomic mass is 10.1. The number of nitrogens with one attached hydrogen (secondary N) is 1. The van der Waals surface area contributed by atoms with Crippen LogP contribution in [0.5, 0.6) is 0 Å². The Bertz CT molecular complexity index is 1290. The van der Waals surface area contributed by atoms with Crippen LogP contribution in [0.2, 0.25) is 0 Å². The van der Waals surface area contributed by atoms with Crippen LogP contribution < -0.4 is 11.1 Å². The molecule has 0 atom stereocenters.